The van der Waals surface area contributed by atoms with Crippen molar-refractivity contribution in [2.24, 2.45) is 7.05 Å². The number of hydrogen-bond donors (Lipinski definition) is 0. The Balaban J connectivity index is 1.48. The Morgan fingerprint density at radius 1 is 1.16 bits per heavy atom. The number of pyridine rings is 1. The molecule has 1 atom stereocenters. The van der Waals surface area contributed by atoms with Crippen LogP contribution in [0.15, 0.2) is 24.4 Å². The summed E-state index contributed by atoms with van der Waals surface area (Å²) in [4.78, 5) is 19.3. The minimum Gasteiger partial charge on any atom is -0.477 e. The molecule has 0 N–H and O–H groups in total. The largest absolute Gasteiger partial charge is 0.477 e. The molecule has 2 aromatic heterocycles. The number of amides is 1. The molecule has 0 spiro atoms. The van der Waals surface area contributed by atoms with Crippen LogP contribution in [0.3, 0.4) is 0 Å². The van der Waals surface area contributed by atoms with Gasteiger partial charge in [-0.1, -0.05) is 0 Å². The van der Waals surface area contributed by atoms with Crippen LogP contribution in [0.25, 0.3) is 11.3 Å². The maximum atomic E-state index is 13.8. The fourth-order valence-corrected chi connectivity index (χ4v) is 4.60. The van der Waals surface area contributed by atoms with Gasteiger partial charge in [-0.15, -0.1) is 0 Å². The predicted molar refractivity (Wildman–Crippen MR) is 110 cm³/mol. The maximum Gasteiger partial charge on any atom is 0.256 e. The molecular weight excluding hydrogens is 421 g/mol. The van der Waals surface area contributed by atoms with Crippen LogP contribution < -0.4 is 4.74 Å². The number of hydrogen-bond acceptors (Lipinski definition) is 4. The number of rotatable bonds is 2. The van der Waals surface area contributed by atoms with Gasteiger partial charge in [0.2, 0.25) is 5.88 Å². The van der Waals surface area contributed by atoms with Crippen LogP contribution in [0.4, 0.5) is 13.2 Å². The fourth-order valence-electron chi connectivity index (χ4n) is 4.60. The van der Waals surface area contributed by atoms with Gasteiger partial charge in [0, 0.05) is 36.5 Å². The van der Waals surface area contributed by atoms with Crippen LogP contribution >= 0.6 is 0 Å². The van der Waals surface area contributed by atoms with E-state index in [2.05, 4.69) is 10.1 Å². The lowest BCUT2D eigenvalue weighted by molar-refractivity contribution is 0.0673. The van der Waals surface area contributed by atoms with Crippen molar-refractivity contribution in [3.63, 3.8) is 0 Å². The zero-order valence-corrected chi connectivity index (χ0v) is 17.7. The molecule has 32 heavy (non-hydrogen) atoms. The van der Waals surface area contributed by atoms with E-state index in [0.717, 1.165) is 36.1 Å². The van der Waals surface area contributed by atoms with E-state index in [9.17, 15) is 18.0 Å². The quantitative estimate of drug-likeness (QED) is 0.564. The van der Waals surface area contributed by atoms with Gasteiger partial charge in [0.15, 0.2) is 17.5 Å². The van der Waals surface area contributed by atoms with Gasteiger partial charge < -0.3 is 9.64 Å². The number of nitrogens with zero attached hydrogens (tertiary/aromatic N) is 4. The summed E-state index contributed by atoms with van der Waals surface area (Å²) in [5.74, 6) is -3.58. The first-order valence-electron chi connectivity index (χ1n) is 10.5. The SMILES string of the molecule is C[C@H]1c2nn(C)c(-c3cc(F)c(F)c(F)c3)c2CCN1C(=O)c1cnc2c(c1)CCCO2. The van der Waals surface area contributed by atoms with Crippen LogP contribution in [-0.2, 0) is 19.9 Å². The summed E-state index contributed by atoms with van der Waals surface area (Å²) < 4.78 is 48.2. The summed E-state index contributed by atoms with van der Waals surface area (Å²) in [6.07, 6.45) is 3.69. The molecule has 0 radical (unpaired) electrons. The Morgan fingerprint density at radius 2 is 1.91 bits per heavy atom. The Kier molecular flexibility index (Phi) is 4.91. The summed E-state index contributed by atoms with van der Waals surface area (Å²) in [6, 6.07) is 3.42. The monoisotopic (exact) mass is 442 g/mol. The summed E-state index contributed by atoms with van der Waals surface area (Å²) in [6.45, 7) is 2.90. The minimum absolute atomic E-state index is 0.157. The third kappa shape index (κ3) is 3.23. The molecule has 9 heteroatoms. The molecule has 2 aliphatic heterocycles. The van der Waals surface area contributed by atoms with Gasteiger partial charge in [0.25, 0.3) is 5.91 Å². The van der Waals surface area contributed by atoms with Gasteiger partial charge in [0.05, 0.1) is 29.6 Å². The average molecular weight is 442 g/mol. The highest BCUT2D eigenvalue weighted by Gasteiger charge is 2.34. The van der Waals surface area contributed by atoms with Gasteiger partial charge >= 0.3 is 0 Å². The molecule has 166 valence electrons. The number of carbonyl (C=O) groups excluding carboxylic acids is 1. The smallest absolute Gasteiger partial charge is 0.256 e. The summed E-state index contributed by atoms with van der Waals surface area (Å²) in [5.41, 5.74) is 3.59. The predicted octanol–water partition coefficient (Wildman–Crippen LogP) is 3.98. The molecule has 2 aliphatic rings. The molecule has 1 amide bonds. The van der Waals surface area contributed by atoms with E-state index in [1.54, 1.807) is 11.9 Å². The number of halogens is 3. The van der Waals surface area contributed by atoms with E-state index in [-0.39, 0.29) is 17.5 Å². The van der Waals surface area contributed by atoms with E-state index in [4.69, 9.17) is 4.74 Å². The fraction of sp³-hybridized carbons (Fsp3) is 0.348. The first-order valence-corrected chi connectivity index (χ1v) is 10.5. The average Bonchev–Trinajstić information content (AvgIpc) is 3.13. The lowest BCUT2D eigenvalue weighted by Crippen LogP contribution is -2.39. The normalized spacial score (nSPS) is 17.5. The molecule has 6 nitrogen and oxygen atoms in total. The van der Waals surface area contributed by atoms with Gasteiger partial charge in [-0.3, -0.25) is 9.48 Å². The standard InChI is InChI=1S/C23H21F3N4O2/c1-12-20-16(21(29(2)28-20)14-9-17(24)19(26)18(25)10-14)5-6-30(12)23(31)15-8-13-4-3-7-32-22(13)27-11-15/h8-12H,3-7H2,1-2H3/t12-/m0/s1. The molecule has 3 aromatic rings. The van der Waals surface area contributed by atoms with Crippen molar-refractivity contribution in [3.8, 4) is 17.1 Å². The van der Waals surface area contributed by atoms with Crippen molar-refractivity contribution < 1.29 is 22.7 Å². The van der Waals surface area contributed by atoms with E-state index >= 15 is 0 Å². The van der Waals surface area contributed by atoms with Crippen LogP contribution in [0, 0.1) is 17.5 Å². The number of aromatic nitrogens is 3. The van der Waals surface area contributed by atoms with E-state index in [1.165, 1.54) is 10.9 Å². The minimum atomic E-state index is -1.50. The van der Waals surface area contributed by atoms with Crippen molar-refractivity contribution in [1.29, 1.82) is 0 Å². The van der Waals surface area contributed by atoms with Crippen LogP contribution in [0.1, 0.15) is 46.6 Å². The highest BCUT2D eigenvalue weighted by molar-refractivity contribution is 5.94. The first kappa shape index (κ1) is 20.5. The summed E-state index contributed by atoms with van der Waals surface area (Å²) in [5, 5.41) is 4.54. The molecular formula is C23H21F3N4O2. The zero-order valence-electron chi connectivity index (χ0n) is 17.7. The van der Waals surface area contributed by atoms with Crippen molar-refractivity contribution >= 4 is 5.91 Å². The lowest BCUT2D eigenvalue weighted by Gasteiger charge is -2.33. The molecule has 0 aliphatic carbocycles. The summed E-state index contributed by atoms with van der Waals surface area (Å²) in [7, 11) is 1.67. The van der Waals surface area contributed by atoms with E-state index < -0.39 is 17.5 Å². The number of ether oxygens (including phenoxy) is 1. The zero-order chi connectivity index (χ0) is 22.6. The van der Waals surface area contributed by atoms with Gasteiger partial charge in [-0.25, -0.2) is 18.2 Å². The summed E-state index contributed by atoms with van der Waals surface area (Å²) >= 11 is 0. The Bertz CT molecular complexity index is 1220. The van der Waals surface area contributed by atoms with Gasteiger partial charge in [-0.05, 0) is 44.4 Å². The number of aryl methyl sites for hydroxylation is 2. The number of carbonyl (C=O) groups is 1. The molecule has 0 unspecified atom stereocenters. The second-order valence-corrected chi connectivity index (χ2v) is 8.15. The van der Waals surface area contributed by atoms with Crippen LogP contribution in [0.5, 0.6) is 5.88 Å². The highest BCUT2D eigenvalue weighted by Crippen LogP contribution is 2.37. The first-order chi connectivity index (χ1) is 15.3. The van der Waals surface area contributed by atoms with Crippen LogP contribution in [0.2, 0.25) is 0 Å². The van der Waals surface area contributed by atoms with Crippen molar-refractivity contribution in [2.45, 2.75) is 32.2 Å². The number of fused-ring (bicyclic) bond motifs is 2. The van der Waals surface area contributed by atoms with Crippen molar-refractivity contribution in [2.75, 3.05) is 13.2 Å². The second-order valence-electron chi connectivity index (χ2n) is 8.15. The third-order valence-corrected chi connectivity index (χ3v) is 6.16. The van der Waals surface area contributed by atoms with Crippen molar-refractivity contribution in [1.82, 2.24) is 19.7 Å². The van der Waals surface area contributed by atoms with Crippen LogP contribution in [-0.4, -0.2) is 38.7 Å². The lowest BCUT2D eigenvalue weighted by atomic mass is 9.95. The van der Waals surface area contributed by atoms with Crippen molar-refractivity contribution in [3.05, 3.63) is 64.2 Å². The topological polar surface area (TPSA) is 60.2 Å². The van der Waals surface area contributed by atoms with Gasteiger partial charge in [0.1, 0.15) is 0 Å². The number of benzene rings is 1. The molecule has 5 rings (SSSR count). The Hall–Kier alpha value is -3.36. The molecule has 0 saturated heterocycles. The Morgan fingerprint density at radius 3 is 2.66 bits per heavy atom. The maximum absolute atomic E-state index is 13.8. The molecule has 4 heterocycles. The molecule has 0 fully saturated rings. The third-order valence-electron chi connectivity index (χ3n) is 6.16. The molecule has 1 aromatic carbocycles. The van der Waals surface area contributed by atoms with E-state index in [1.807, 2.05) is 13.0 Å². The van der Waals surface area contributed by atoms with E-state index in [0.29, 0.717) is 42.4 Å². The molecule has 0 bridgehead atoms. The Labute approximate surface area is 182 Å². The molecule has 0 saturated carbocycles. The highest BCUT2D eigenvalue weighted by atomic mass is 19.2. The second kappa shape index (κ2) is 7.65. The van der Waals surface area contributed by atoms with Gasteiger partial charge in [-0.2, -0.15) is 5.10 Å².